The van der Waals surface area contributed by atoms with E-state index in [9.17, 15) is 24.6 Å². The number of nitrogens with one attached hydrogen (secondary N) is 1. The van der Waals surface area contributed by atoms with Gasteiger partial charge in [-0.2, -0.15) is 5.10 Å². The van der Waals surface area contributed by atoms with E-state index in [-0.39, 0.29) is 17.7 Å². The molecule has 1 aromatic heterocycles. The molecule has 0 saturated carbocycles. The summed E-state index contributed by atoms with van der Waals surface area (Å²) in [4.78, 5) is 35.0. The highest BCUT2D eigenvalue weighted by molar-refractivity contribution is 5.95. The van der Waals surface area contributed by atoms with Gasteiger partial charge in [0.05, 0.1) is 24.5 Å². The van der Waals surface area contributed by atoms with Crippen molar-refractivity contribution in [1.29, 1.82) is 0 Å². The molecular weight excluding hydrogens is 442 g/mol. The molecule has 3 N–H and O–H groups in total. The van der Waals surface area contributed by atoms with Crippen molar-refractivity contribution in [3.63, 3.8) is 0 Å². The third-order valence-electron chi connectivity index (χ3n) is 4.96. The molecule has 1 heterocycles. The Balaban J connectivity index is 1.75. The van der Waals surface area contributed by atoms with Crippen LogP contribution in [0.25, 0.3) is 5.69 Å². The fourth-order valence-corrected chi connectivity index (χ4v) is 3.39. The first-order chi connectivity index (χ1) is 16.2. The topological polar surface area (TPSA) is 139 Å². The van der Waals surface area contributed by atoms with Crippen LogP contribution in [0.1, 0.15) is 37.7 Å². The minimum atomic E-state index is -1.23. The van der Waals surface area contributed by atoms with Crippen molar-refractivity contribution < 1.29 is 34.1 Å². The first-order valence-electron chi connectivity index (χ1n) is 10.1. The summed E-state index contributed by atoms with van der Waals surface area (Å²) in [6, 6.07) is 12.6. The van der Waals surface area contributed by atoms with E-state index >= 15 is 0 Å². The van der Waals surface area contributed by atoms with Gasteiger partial charge in [-0.3, -0.25) is 4.79 Å². The smallest absolute Gasteiger partial charge is 0.335 e. The van der Waals surface area contributed by atoms with Gasteiger partial charge in [0.2, 0.25) is 0 Å². The van der Waals surface area contributed by atoms with Crippen molar-refractivity contribution in [2.75, 3.05) is 13.7 Å². The Morgan fingerprint density at radius 2 is 1.62 bits per heavy atom. The molecule has 10 nitrogen and oxygen atoms in total. The number of carboxylic acid groups (broad SMARTS) is 2. The van der Waals surface area contributed by atoms with Crippen LogP contribution in [-0.2, 0) is 4.79 Å². The Labute approximate surface area is 195 Å². The van der Waals surface area contributed by atoms with Crippen LogP contribution in [0, 0.1) is 13.8 Å². The number of carbonyl (C=O) groups excluding carboxylic acids is 1. The van der Waals surface area contributed by atoms with Crippen LogP contribution in [0.3, 0.4) is 0 Å². The largest absolute Gasteiger partial charge is 0.493 e. The second kappa shape index (κ2) is 10.3. The minimum Gasteiger partial charge on any atom is -0.493 e. The van der Waals surface area contributed by atoms with Gasteiger partial charge in [-0.25, -0.2) is 15.0 Å². The van der Waals surface area contributed by atoms with E-state index in [1.807, 2.05) is 0 Å². The van der Waals surface area contributed by atoms with E-state index < -0.39 is 17.8 Å². The monoisotopic (exact) mass is 465 g/mol. The predicted molar refractivity (Wildman–Crippen MR) is 123 cm³/mol. The fourth-order valence-electron chi connectivity index (χ4n) is 3.39. The number of hydrogen-bond donors (Lipinski definition) is 3. The quantitative estimate of drug-likeness (QED) is 0.326. The van der Waals surface area contributed by atoms with Crippen LogP contribution < -0.4 is 14.9 Å². The van der Waals surface area contributed by atoms with Crippen LogP contribution in [0.4, 0.5) is 0 Å². The number of rotatable bonds is 9. The number of hydrogen-bond acceptors (Lipinski definition) is 6. The molecule has 0 fully saturated rings. The lowest BCUT2D eigenvalue weighted by Gasteiger charge is -2.12. The molecule has 0 bridgehead atoms. The Hall–Kier alpha value is -4.60. The molecule has 1 amide bonds. The SMILES string of the molecule is COc1ccccc1OCC(=O)N/N=C/c1cc(C)n(-c2cc(C(=O)O)cc(C(=O)O)c2)c1C. The Morgan fingerprint density at radius 1 is 1.00 bits per heavy atom. The van der Waals surface area contributed by atoms with Crippen molar-refractivity contribution in [2.24, 2.45) is 5.10 Å². The number of para-hydroxylation sites is 2. The summed E-state index contributed by atoms with van der Waals surface area (Å²) in [6.45, 7) is 3.30. The van der Waals surface area contributed by atoms with Crippen molar-refractivity contribution in [3.8, 4) is 17.2 Å². The van der Waals surface area contributed by atoms with Crippen LogP contribution in [0.15, 0.2) is 53.6 Å². The maximum atomic E-state index is 12.1. The fraction of sp³-hybridized carbons (Fsp3) is 0.167. The molecule has 0 unspecified atom stereocenters. The van der Waals surface area contributed by atoms with E-state index in [0.29, 0.717) is 28.4 Å². The van der Waals surface area contributed by atoms with E-state index in [0.717, 1.165) is 11.8 Å². The Morgan fingerprint density at radius 3 is 2.21 bits per heavy atom. The maximum Gasteiger partial charge on any atom is 0.335 e. The number of carboxylic acids is 2. The first-order valence-corrected chi connectivity index (χ1v) is 10.1. The summed E-state index contributed by atoms with van der Waals surface area (Å²) in [6.07, 6.45) is 1.44. The molecular formula is C24H23N3O7. The molecule has 2 aromatic carbocycles. The molecule has 176 valence electrons. The summed E-state index contributed by atoms with van der Waals surface area (Å²) >= 11 is 0. The van der Waals surface area contributed by atoms with Gasteiger partial charge in [-0.05, 0) is 50.2 Å². The zero-order valence-electron chi connectivity index (χ0n) is 18.7. The van der Waals surface area contributed by atoms with E-state index in [2.05, 4.69) is 10.5 Å². The summed E-state index contributed by atoms with van der Waals surface area (Å²) in [5.41, 5.74) is 4.55. The minimum absolute atomic E-state index is 0.139. The second-order valence-electron chi connectivity index (χ2n) is 7.27. The van der Waals surface area contributed by atoms with Crippen molar-refractivity contribution in [3.05, 3.63) is 76.6 Å². The zero-order chi connectivity index (χ0) is 24.8. The second-order valence-corrected chi connectivity index (χ2v) is 7.27. The lowest BCUT2D eigenvalue weighted by Crippen LogP contribution is -2.24. The summed E-state index contributed by atoms with van der Waals surface area (Å²) in [5.74, 6) is -2.00. The Bertz CT molecular complexity index is 1250. The van der Waals surface area contributed by atoms with Gasteiger partial charge < -0.3 is 24.3 Å². The molecule has 3 aromatic rings. The van der Waals surface area contributed by atoms with Crippen molar-refractivity contribution in [2.45, 2.75) is 13.8 Å². The van der Waals surface area contributed by atoms with E-state index in [1.54, 1.807) is 48.7 Å². The zero-order valence-corrected chi connectivity index (χ0v) is 18.7. The first kappa shape index (κ1) is 24.1. The molecule has 34 heavy (non-hydrogen) atoms. The molecule has 0 aliphatic carbocycles. The molecule has 0 spiro atoms. The number of aromatic carboxylic acids is 2. The summed E-state index contributed by atoms with van der Waals surface area (Å²) < 4.78 is 12.3. The number of carbonyl (C=O) groups is 3. The molecule has 0 saturated heterocycles. The molecule has 0 aliphatic heterocycles. The van der Waals surface area contributed by atoms with E-state index in [4.69, 9.17) is 9.47 Å². The van der Waals surface area contributed by atoms with Crippen molar-refractivity contribution in [1.82, 2.24) is 9.99 Å². The van der Waals surface area contributed by atoms with Gasteiger partial charge in [0, 0.05) is 22.6 Å². The highest BCUT2D eigenvalue weighted by Gasteiger charge is 2.16. The van der Waals surface area contributed by atoms with Gasteiger partial charge in [0.15, 0.2) is 18.1 Å². The third-order valence-corrected chi connectivity index (χ3v) is 4.96. The number of benzene rings is 2. The molecule has 3 rings (SSSR count). The Kier molecular flexibility index (Phi) is 7.32. The van der Waals surface area contributed by atoms with Gasteiger partial charge in [0.1, 0.15) is 0 Å². The van der Waals surface area contributed by atoms with Crippen LogP contribution in [-0.4, -0.2) is 52.6 Å². The number of aryl methyl sites for hydroxylation is 1. The summed E-state index contributed by atoms with van der Waals surface area (Å²) in [7, 11) is 1.50. The van der Waals surface area contributed by atoms with Crippen LogP contribution in [0.2, 0.25) is 0 Å². The molecule has 0 aliphatic rings. The molecule has 0 radical (unpaired) electrons. The number of methoxy groups -OCH3 is 1. The molecule has 10 heteroatoms. The number of nitrogens with zero attached hydrogens (tertiary/aromatic N) is 2. The van der Waals surface area contributed by atoms with Gasteiger partial charge in [-0.1, -0.05) is 12.1 Å². The van der Waals surface area contributed by atoms with Crippen LogP contribution in [0.5, 0.6) is 11.5 Å². The highest BCUT2D eigenvalue weighted by Crippen LogP contribution is 2.25. The number of hydrazone groups is 1. The summed E-state index contributed by atoms with van der Waals surface area (Å²) in [5, 5.41) is 22.6. The average molecular weight is 465 g/mol. The van der Waals surface area contributed by atoms with Crippen LogP contribution >= 0.6 is 0 Å². The van der Waals surface area contributed by atoms with Gasteiger partial charge in [0.25, 0.3) is 5.91 Å². The number of aromatic nitrogens is 1. The highest BCUT2D eigenvalue weighted by atomic mass is 16.5. The lowest BCUT2D eigenvalue weighted by atomic mass is 10.1. The van der Waals surface area contributed by atoms with Crippen molar-refractivity contribution >= 4 is 24.1 Å². The van der Waals surface area contributed by atoms with Gasteiger partial charge >= 0.3 is 11.9 Å². The average Bonchev–Trinajstić information content (AvgIpc) is 3.10. The van der Waals surface area contributed by atoms with Gasteiger partial charge in [-0.15, -0.1) is 0 Å². The standard InChI is InChI=1S/C24H23N3O7/c1-14-8-18(12-25-26-22(28)13-34-21-7-5-4-6-20(21)33-3)15(2)27(14)19-10-16(23(29)30)9-17(11-19)24(31)32/h4-12H,13H2,1-3H3,(H,26,28)(H,29,30)(H,31,32)/b25-12+. The third kappa shape index (κ3) is 5.41. The lowest BCUT2D eigenvalue weighted by molar-refractivity contribution is -0.123. The normalized spacial score (nSPS) is 10.8. The number of ether oxygens (including phenoxy) is 2. The van der Waals surface area contributed by atoms with E-state index in [1.165, 1.54) is 25.5 Å². The molecule has 0 atom stereocenters. The number of amides is 1. The maximum absolute atomic E-state index is 12.1. The predicted octanol–water partition coefficient (Wildman–Crippen LogP) is 3.03.